The van der Waals surface area contributed by atoms with Crippen LogP contribution in [0.25, 0.3) is 0 Å². The third kappa shape index (κ3) is 3.00. The van der Waals surface area contributed by atoms with Crippen LogP contribution >= 0.6 is 11.6 Å². The van der Waals surface area contributed by atoms with Crippen molar-refractivity contribution in [1.82, 2.24) is 4.90 Å². The summed E-state index contributed by atoms with van der Waals surface area (Å²) in [6.45, 7) is 0.545. The Labute approximate surface area is 152 Å². The zero-order valence-electron chi connectivity index (χ0n) is 14.6. The van der Waals surface area contributed by atoms with E-state index in [-0.39, 0.29) is 5.91 Å². The topological polar surface area (TPSA) is 48.0 Å². The Morgan fingerprint density at radius 3 is 2.48 bits per heavy atom. The minimum absolute atomic E-state index is 0.0148. The number of amides is 1. The first-order valence-electron chi connectivity index (χ1n) is 7.83. The van der Waals surface area contributed by atoms with Gasteiger partial charge in [0.25, 0.3) is 0 Å². The average molecular weight is 362 g/mol. The highest BCUT2D eigenvalue weighted by atomic mass is 35.5. The lowest BCUT2D eigenvalue weighted by Gasteiger charge is -2.32. The van der Waals surface area contributed by atoms with E-state index >= 15 is 0 Å². The minimum Gasteiger partial charge on any atom is -0.497 e. The quantitative estimate of drug-likeness (QED) is 0.836. The Kier molecular flexibility index (Phi) is 4.77. The summed E-state index contributed by atoms with van der Waals surface area (Å²) in [5.41, 5.74) is 2.77. The maximum atomic E-state index is 12.9. The Morgan fingerprint density at radius 1 is 1.08 bits per heavy atom. The van der Waals surface area contributed by atoms with Crippen molar-refractivity contribution in [1.29, 1.82) is 0 Å². The molecule has 0 fully saturated rings. The van der Waals surface area contributed by atoms with Gasteiger partial charge in [-0.05, 0) is 41.0 Å². The van der Waals surface area contributed by atoms with Gasteiger partial charge in [0, 0.05) is 13.6 Å². The number of likely N-dealkylation sites (N-methyl/N-ethyl adjacent to an activating group) is 1. The lowest BCUT2D eigenvalue weighted by atomic mass is 9.84. The van der Waals surface area contributed by atoms with Crippen LogP contribution in [-0.2, 0) is 11.3 Å². The fourth-order valence-corrected chi connectivity index (χ4v) is 3.54. The Morgan fingerprint density at radius 2 is 1.84 bits per heavy atom. The molecule has 0 aliphatic carbocycles. The first-order chi connectivity index (χ1) is 12.0. The summed E-state index contributed by atoms with van der Waals surface area (Å²) in [4.78, 5) is 14.6. The van der Waals surface area contributed by atoms with Crippen LogP contribution in [0.5, 0.6) is 17.2 Å². The molecule has 1 unspecified atom stereocenters. The lowest BCUT2D eigenvalue weighted by Crippen LogP contribution is -2.37. The van der Waals surface area contributed by atoms with Gasteiger partial charge in [-0.1, -0.05) is 17.7 Å². The first-order valence-corrected chi connectivity index (χ1v) is 8.21. The number of carbonyl (C=O) groups excluding carboxylic acids is 1. The predicted molar refractivity (Wildman–Crippen MR) is 95.9 cm³/mol. The number of benzene rings is 2. The van der Waals surface area contributed by atoms with Gasteiger partial charge in [0.1, 0.15) is 5.75 Å². The van der Waals surface area contributed by atoms with Gasteiger partial charge in [-0.25, -0.2) is 0 Å². The van der Waals surface area contributed by atoms with E-state index in [2.05, 4.69) is 0 Å². The monoisotopic (exact) mass is 361 g/mol. The second kappa shape index (κ2) is 6.84. The summed E-state index contributed by atoms with van der Waals surface area (Å²) in [6, 6.07) is 9.34. The number of nitrogens with zero attached hydrogens (tertiary/aromatic N) is 1. The molecule has 1 aliphatic rings. The molecule has 1 amide bonds. The molecule has 2 aromatic carbocycles. The van der Waals surface area contributed by atoms with Crippen molar-refractivity contribution in [2.45, 2.75) is 12.5 Å². The maximum Gasteiger partial charge on any atom is 0.234 e. The molecule has 0 spiro atoms. The van der Waals surface area contributed by atoms with Gasteiger partial charge in [-0.3, -0.25) is 4.79 Å². The van der Waals surface area contributed by atoms with Crippen molar-refractivity contribution in [3.63, 3.8) is 0 Å². The molecule has 0 N–H and O–H groups in total. The van der Waals surface area contributed by atoms with Crippen molar-refractivity contribution >= 4 is 17.5 Å². The van der Waals surface area contributed by atoms with Crippen LogP contribution in [0.4, 0.5) is 0 Å². The summed E-state index contributed by atoms with van der Waals surface area (Å²) < 4.78 is 16.0. The van der Waals surface area contributed by atoms with Crippen molar-refractivity contribution in [2.75, 3.05) is 28.4 Å². The molecule has 132 valence electrons. The van der Waals surface area contributed by atoms with E-state index in [1.165, 1.54) is 7.11 Å². The number of ether oxygens (including phenoxy) is 3. The molecule has 1 atom stereocenters. The molecule has 6 heteroatoms. The molecule has 0 radical (unpaired) electrons. The number of methoxy groups -OCH3 is 3. The Hall–Kier alpha value is -2.40. The molecule has 2 aromatic rings. The van der Waals surface area contributed by atoms with Crippen LogP contribution in [0.1, 0.15) is 22.6 Å². The highest BCUT2D eigenvalue weighted by molar-refractivity contribution is 6.32. The van der Waals surface area contributed by atoms with Gasteiger partial charge in [0.05, 0.1) is 32.3 Å². The molecule has 5 nitrogen and oxygen atoms in total. The van der Waals surface area contributed by atoms with Crippen LogP contribution in [0.2, 0.25) is 5.02 Å². The molecule has 0 aromatic heterocycles. The van der Waals surface area contributed by atoms with E-state index in [9.17, 15) is 4.79 Å². The second-order valence-corrected chi connectivity index (χ2v) is 6.34. The van der Waals surface area contributed by atoms with Gasteiger partial charge >= 0.3 is 0 Å². The fourth-order valence-electron chi connectivity index (χ4n) is 3.24. The van der Waals surface area contributed by atoms with Crippen LogP contribution in [0.15, 0.2) is 30.3 Å². The SMILES string of the molecule is COc1ccc2c(c1)CN(C)C(=O)C2c1cc(Cl)c(OC)c(OC)c1. The number of hydrogen-bond acceptors (Lipinski definition) is 4. The van der Waals surface area contributed by atoms with Crippen LogP contribution < -0.4 is 14.2 Å². The van der Waals surface area contributed by atoms with Crippen LogP contribution in [0, 0.1) is 0 Å². The van der Waals surface area contributed by atoms with E-state index in [4.69, 9.17) is 25.8 Å². The molecular formula is C19H20ClNO4. The Bertz CT molecular complexity index is 821. The normalized spacial score (nSPS) is 16.4. The summed E-state index contributed by atoms with van der Waals surface area (Å²) in [5, 5.41) is 0.410. The van der Waals surface area contributed by atoms with E-state index in [1.54, 1.807) is 38.3 Å². The number of rotatable bonds is 4. The molecule has 0 bridgehead atoms. The second-order valence-electron chi connectivity index (χ2n) is 5.93. The van der Waals surface area contributed by atoms with Crippen LogP contribution in [0.3, 0.4) is 0 Å². The summed E-state index contributed by atoms with van der Waals surface area (Å²) in [5.74, 6) is 1.30. The van der Waals surface area contributed by atoms with Gasteiger partial charge in [-0.15, -0.1) is 0 Å². The third-order valence-electron chi connectivity index (χ3n) is 4.48. The fraction of sp³-hybridized carbons (Fsp3) is 0.316. The van der Waals surface area contributed by atoms with Crippen molar-refractivity contribution < 1.29 is 19.0 Å². The van der Waals surface area contributed by atoms with Crippen molar-refractivity contribution in [3.8, 4) is 17.2 Å². The average Bonchev–Trinajstić information content (AvgIpc) is 2.61. The van der Waals surface area contributed by atoms with Crippen molar-refractivity contribution in [3.05, 3.63) is 52.0 Å². The third-order valence-corrected chi connectivity index (χ3v) is 4.76. The summed E-state index contributed by atoms with van der Waals surface area (Å²) in [6.07, 6.45) is 0. The van der Waals surface area contributed by atoms with E-state index in [0.29, 0.717) is 23.1 Å². The van der Waals surface area contributed by atoms with E-state index < -0.39 is 5.92 Å². The summed E-state index contributed by atoms with van der Waals surface area (Å²) >= 11 is 6.34. The predicted octanol–water partition coefficient (Wildman–Crippen LogP) is 3.47. The molecule has 0 saturated carbocycles. The largest absolute Gasteiger partial charge is 0.497 e. The standard InChI is InChI=1S/C19H20ClNO4/c1-21-10-12-7-13(23-2)5-6-14(12)17(19(21)22)11-8-15(20)18(25-4)16(9-11)24-3/h5-9,17H,10H2,1-4H3. The van der Waals surface area contributed by atoms with Gasteiger partial charge in [0.15, 0.2) is 11.5 Å². The lowest BCUT2D eigenvalue weighted by molar-refractivity contribution is -0.131. The Balaban J connectivity index is 2.16. The minimum atomic E-state index is -0.447. The molecule has 3 rings (SSSR count). The first kappa shape index (κ1) is 17.4. The van der Waals surface area contributed by atoms with E-state index in [0.717, 1.165) is 22.4 Å². The number of carbonyl (C=O) groups is 1. The van der Waals surface area contributed by atoms with E-state index in [1.807, 2.05) is 18.2 Å². The van der Waals surface area contributed by atoms with Gasteiger partial charge in [0.2, 0.25) is 5.91 Å². The zero-order valence-corrected chi connectivity index (χ0v) is 15.4. The van der Waals surface area contributed by atoms with Gasteiger partial charge in [-0.2, -0.15) is 0 Å². The molecule has 1 heterocycles. The highest BCUT2D eigenvalue weighted by Gasteiger charge is 2.33. The van der Waals surface area contributed by atoms with Crippen molar-refractivity contribution in [2.24, 2.45) is 0 Å². The number of halogens is 1. The van der Waals surface area contributed by atoms with Crippen LogP contribution in [-0.4, -0.2) is 39.2 Å². The maximum absolute atomic E-state index is 12.9. The molecule has 1 aliphatic heterocycles. The smallest absolute Gasteiger partial charge is 0.234 e. The molecule has 25 heavy (non-hydrogen) atoms. The van der Waals surface area contributed by atoms with Gasteiger partial charge < -0.3 is 19.1 Å². The highest BCUT2D eigenvalue weighted by Crippen LogP contribution is 2.42. The number of hydrogen-bond donors (Lipinski definition) is 0. The molecule has 0 saturated heterocycles. The number of fused-ring (bicyclic) bond motifs is 1. The molecular weight excluding hydrogens is 342 g/mol. The summed E-state index contributed by atoms with van der Waals surface area (Å²) in [7, 11) is 6.50. The zero-order chi connectivity index (χ0) is 18.1.